The van der Waals surface area contributed by atoms with E-state index in [2.05, 4.69) is 4.99 Å². The van der Waals surface area contributed by atoms with Crippen LogP contribution in [0.5, 0.6) is 0 Å². The Morgan fingerprint density at radius 1 is 1.82 bits per heavy atom. The summed E-state index contributed by atoms with van der Waals surface area (Å²) in [7, 11) is 0. The van der Waals surface area contributed by atoms with E-state index in [1.54, 1.807) is 6.92 Å². The Morgan fingerprint density at radius 3 is 2.36 bits per heavy atom. The van der Waals surface area contributed by atoms with E-state index in [0.717, 1.165) is 0 Å². The van der Waals surface area contributed by atoms with Gasteiger partial charge < -0.3 is 10.2 Å². The van der Waals surface area contributed by atoms with Crippen molar-refractivity contribution in [2.75, 3.05) is 0 Å². The first-order valence-electron chi connectivity index (χ1n) is 2.96. The maximum absolute atomic E-state index is 10.4. The zero-order chi connectivity index (χ0) is 8.20. The summed E-state index contributed by atoms with van der Waals surface area (Å²) >= 11 is 0. The summed E-state index contributed by atoms with van der Waals surface area (Å²) < 4.78 is 0. The molecule has 58 valence electrons. The van der Waals surface area contributed by atoms with Gasteiger partial charge in [0.15, 0.2) is 5.54 Å². The van der Waals surface area contributed by atoms with Crippen LogP contribution in [0.1, 0.15) is 20.3 Å². The first-order valence-corrected chi connectivity index (χ1v) is 2.96. The van der Waals surface area contributed by atoms with Gasteiger partial charge in [-0.3, -0.25) is 4.99 Å². The van der Waals surface area contributed by atoms with Crippen molar-refractivity contribution in [3.8, 4) is 0 Å². The average Bonchev–Trinajstić information content (AvgIpc) is 1.88. The molecule has 4 nitrogen and oxygen atoms in total. The molecule has 0 saturated heterocycles. The molecule has 0 fully saturated rings. The Bertz CT molecular complexity index is 160. The van der Waals surface area contributed by atoms with Gasteiger partial charge in [-0.15, -0.1) is 0 Å². The first-order chi connectivity index (χ1) is 4.56. The predicted octanol–water partition coefficient (Wildman–Crippen LogP) is -3.37. The van der Waals surface area contributed by atoms with Gasteiger partial charge in [0.1, 0.15) is 0 Å². The fourth-order valence-corrected chi connectivity index (χ4v) is 0.414. The molecule has 11 heavy (non-hydrogen) atoms. The Morgan fingerprint density at radius 2 is 2.27 bits per heavy atom. The molecule has 0 aliphatic rings. The molecule has 0 radical (unpaired) electrons. The van der Waals surface area contributed by atoms with Gasteiger partial charge in [-0.05, 0) is 13.3 Å². The van der Waals surface area contributed by atoms with Crippen LogP contribution in [-0.2, 0) is 4.79 Å². The van der Waals surface area contributed by atoms with Crippen LogP contribution in [0.2, 0.25) is 0 Å². The van der Waals surface area contributed by atoms with E-state index in [-0.39, 0.29) is 57.8 Å². The van der Waals surface area contributed by atoms with Crippen LogP contribution in [0.25, 0.3) is 0 Å². The van der Waals surface area contributed by atoms with Gasteiger partial charge in [0, 0.05) is 0 Å². The minimum atomic E-state index is -1.23. The third kappa shape index (κ3) is 4.22. The Hall–Kier alpha value is 0.576. The van der Waals surface area contributed by atoms with Gasteiger partial charge in [-0.2, -0.15) is 0 Å². The van der Waals surface area contributed by atoms with Crippen molar-refractivity contribution >= 4 is 12.4 Å². The number of rotatable bonds is 3. The van der Waals surface area contributed by atoms with E-state index in [1.165, 1.54) is 6.92 Å². The van der Waals surface area contributed by atoms with Gasteiger partial charge in [0.2, 0.25) is 0 Å². The van der Waals surface area contributed by atoms with Crippen LogP contribution in [0.3, 0.4) is 0 Å². The molecule has 0 bridgehead atoms. The summed E-state index contributed by atoms with van der Waals surface area (Å²) in [5.74, 6) is -1.07. The molecule has 0 aromatic heterocycles. The van der Waals surface area contributed by atoms with Crippen molar-refractivity contribution in [2.24, 2.45) is 4.99 Å². The third-order valence-corrected chi connectivity index (χ3v) is 1.49. The quantitative estimate of drug-likeness (QED) is 0.282. The molecule has 0 aromatic rings. The van der Waals surface area contributed by atoms with Crippen LogP contribution < -0.4 is 56.5 Å². The van der Waals surface area contributed by atoms with Crippen LogP contribution in [-0.4, -0.2) is 23.0 Å². The molecule has 1 atom stereocenters. The molecule has 5 heteroatoms. The Balaban J connectivity index is 0. The summed E-state index contributed by atoms with van der Waals surface area (Å²) in [4.78, 5) is 13.7. The number of hydrogen-bond acceptors (Lipinski definition) is 3. The molecule has 0 unspecified atom stereocenters. The predicted molar refractivity (Wildman–Crippen MR) is 34.8 cm³/mol. The zero-order valence-corrected chi connectivity index (χ0v) is 10.1. The molecular weight excluding hydrogens is 173 g/mol. The van der Waals surface area contributed by atoms with Gasteiger partial charge >= 0.3 is 57.4 Å². The molecule has 0 aliphatic heterocycles. The fourth-order valence-electron chi connectivity index (χ4n) is 0.414. The maximum atomic E-state index is 10.4. The molecular formula is C6H10KNO3. The number of aliphatic imine (C=N–C) groups is 1. The van der Waals surface area contributed by atoms with Crippen molar-refractivity contribution in [2.45, 2.75) is 25.8 Å². The summed E-state index contributed by atoms with van der Waals surface area (Å²) in [6, 6.07) is 0. The van der Waals surface area contributed by atoms with Crippen LogP contribution >= 0.6 is 0 Å². The van der Waals surface area contributed by atoms with Crippen molar-refractivity contribution in [1.82, 2.24) is 0 Å². The third-order valence-electron chi connectivity index (χ3n) is 1.49. The van der Waals surface area contributed by atoms with Crippen molar-refractivity contribution in [1.29, 1.82) is 0 Å². The maximum Gasteiger partial charge on any atom is 1.00 e. The minimum absolute atomic E-state index is 0. The number of hydrogen-bond donors (Lipinski definition) is 1. The zero-order valence-electron chi connectivity index (χ0n) is 7.00. The van der Waals surface area contributed by atoms with E-state index in [9.17, 15) is 9.90 Å². The fraction of sp³-hybridized carbons (Fsp3) is 0.667. The number of carboxylic acids is 1. The second kappa shape index (κ2) is 6.13. The summed E-state index contributed by atoms with van der Waals surface area (Å²) in [6.45, 7) is 3.07. The SMILES string of the molecule is CC[C@@](C)(N=C[O-])C(=O)O.[K+]. The van der Waals surface area contributed by atoms with E-state index < -0.39 is 11.5 Å². The normalized spacial score (nSPS) is 15.5. The number of carboxylic acid groups (broad SMARTS) is 1. The van der Waals surface area contributed by atoms with E-state index >= 15 is 0 Å². The summed E-state index contributed by atoms with van der Waals surface area (Å²) in [6.07, 6.45) is 0.596. The Kier molecular flexibility index (Phi) is 7.87. The summed E-state index contributed by atoms with van der Waals surface area (Å²) in [5, 5.41) is 18.4. The standard InChI is InChI=1S/C6H11NO3.K/c1-3-6(2,5(9)10)7-4-8;/h4H,3H2,1-2H3,(H,7,8)(H,9,10);/q;+1/p-1/t6-;/m1./s1. The van der Waals surface area contributed by atoms with Gasteiger partial charge in [0.25, 0.3) is 0 Å². The summed E-state index contributed by atoms with van der Waals surface area (Å²) in [5.41, 5.74) is -1.23. The van der Waals surface area contributed by atoms with Gasteiger partial charge in [-0.1, -0.05) is 13.3 Å². The van der Waals surface area contributed by atoms with Gasteiger partial charge in [0.05, 0.1) is 0 Å². The average molecular weight is 183 g/mol. The molecule has 0 amide bonds. The largest absolute Gasteiger partial charge is 1.00 e. The van der Waals surface area contributed by atoms with Crippen molar-refractivity contribution in [3.63, 3.8) is 0 Å². The Labute approximate surface area is 108 Å². The van der Waals surface area contributed by atoms with Crippen LogP contribution in [0.4, 0.5) is 0 Å². The number of aliphatic carboxylic acids is 1. The van der Waals surface area contributed by atoms with E-state index in [4.69, 9.17) is 5.11 Å². The molecule has 0 heterocycles. The molecule has 0 aromatic carbocycles. The van der Waals surface area contributed by atoms with E-state index in [0.29, 0.717) is 6.42 Å². The topological polar surface area (TPSA) is 72.7 Å². The van der Waals surface area contributed by atoms with Gasteiger partial charge in [-0.25, -0.2) is 4.79 Å². The van der Waals surface area contributed by atoms with Crippen LogP contribution in [0, 0.1) is 0 Å². The first kappa shape index (κ1) is 14.1. The second-order valence-electron chi connectivity index (χ2n) is 2.17. The molecule has 1 N–H and O–H groups in total. The van der Waals surface area contributed by atoms with Crippen LogP contribution in [0.15, 0.2) is 4.99 Å². The minimum Gasteiger partial charge on any atom is -0.864 e. The molecule has 0 rings (SSSR count). The molecule has 0 spiro atoms. The monoisotopic (exact) mass is 183 g/mol. The smallest absolute Gasteiger partial charge is 0.864 e. The van der Waals surface area contributed by atoms with Crippen molar-refractivity contribution < 1.29 is 66.4 Å². The van der Waals surface area contributed by atoms with E-state index in [1.807, 2.05) is 0 Å². The second-order valence-corrected chi connectivity index (χ2v) is 2.17. The number of carbonyl (C=O) groups is 1. The molecule has 0 aliphatic carbocycles. The van der Waals surface area contributed by atoms with Crippen molar-refractivity contribution in [3.05, 3.63) is 0 Å². The molecule has 0 saturated carbocycles. The number of nitrogens with zero attached hydrogens (tertiary/aromatic N) is 1.